The number of nitrogens with one attached hydrogen (secondary N) is 2. The molecule has 0 aromatic heterocycles. The zero-order valence-electron chi connectivity index (χ0n) is 15.9. The summed E-state index contributed by atoms with van der Waals surface area (Å²) in [6, 6.07) is 15.1. The molecule has 140 valence electrons. The average Bonchev–Trinajstić information content (AvgIpc) is 2.71. The van der Waals surface area contributed by atoms with Crippen LogP contribution in [0.3, 0.4) is 0 Å². The maximum Gasteiger partial charge on any atom is 0.191 e. The van der Waals surface area contributed by atoms with Crippen molar-refractivity contribution in [1.29, 1.82) is 0 Å². The van der Waals surface area contributed by atoms with Crippen LogP contribution >= 0.6 is 0 Å². The predicted molar refractivity (Wildman–Crippen MR) is 107 cm³/mol. The highest BCUT2D eigenvalue weighted by molar-refractivity contribution is 5.84. The molecule has 5 nitrogen and oxygen atoms in total. The first kappa shape index (κ1) is 18.7. The number of hydrogen-bond donors (Lipinski definition) is 2. The summed E-state index contributed by atoms with van der Waals surface area (Å²) >= 11 is 0. The van der Waals surface area contributed by atoms with Gasteiger partial charge in [0, 0.05) is 46.8 Å². The van der Waals surface area contributed by atoms with Gasteiger partial charge in [-0.3, -0.25) is 4.99 Å². The molecule has 3 rings (SSSR count). The highest BCUT2D eigenvalue weighted by Gasteiger charge is 2.32. The Hall–Kier alpha value is -2.11. The van der Waals surface area contributed by atoms with E-state index in [1.165, 1.54) is 16.3 Å². The molecule has 2 aromatic carbocycles. The second-order valence-electron chi connectivity index (χ2n) is 6.90. The molecular formula is C21H29N3O2. The van der Waals surface area contributed by atoms with Gasteiger partial charge in [-0.25, -0.2) is 0 Å². The van der Waals surface area contributed by atoms with Gasteiger partial charge in [0.2, 0.25) is 0 Å². The monoisotopic (exact) mass is 355 g/mol. The topological polar surface area (TPSA) is 54.9 Å². The Morgan fingerprint density at radius 3 is 2.62 bits per heavy atom. The fourth-order valence-corrected chi connectivity index (χ4v) is 3.40. The van der Waals surface area contributed by atoms with E-state index in [4.69, 9.17) is 9.47 Å². The van der Waals surface area contributed by atoms with Gasteiger partial charge < -0.3 is 20.1 Å². The van der Waals surface area contributed by atoms with Crippen LogP contribution in [-0.4, -0.2) is 45.5 Å². The van der Waals surface area contributed by atoms with Crippen molar-refractivity contribution in [2.24, 2.45) is 4.99 Å². The van der Waals surface area contributed by atoms with Crippen LogP contribution in [0.4, 0.5) is 0 Å². The Morgan fingerprint density at radius 1 is 1.19 bits per heavy atom. The predicted octanol–water partition coefficient (Wildman–Crippen LogP) is 3.26. The Bertz CT molecular complexity index is 754. The van der Waals surface area contributed by atoms with Crippen molar-refractivity contribution >= 4 is 16.7 Å². The van der Waals surface area contributed by atoms with Crippen molar-refractivity contribution in [3.63, 3.8) is 0 Å². The molecule has 0 radical (unpaired) electrons. The number of ether oxygens (including phenoxy) is 2. The second kappa shape index (κ2) is 8.52. The Morgan fingerprint density at radius 2 is 1.92 bits per heavy atom. The van der Waals surface area contributed by atoms with Gasteiger partial charge in [-0.2, -0.15) is 0 Å². The van der Waals surface area contributed by atoms with Crippen molar-refractivity contribution in [2.75, 3.05) is 33.9 Å². The van der Waals surface area contributed by atoms with Gasteiger partial charge in [-0.05, 0) is 29.3 Å². The van der Waals surface area contributed by atoms with Gasteiger partial charge in [0.15, 0.2) is 5.96 Å². The molecule has 1 atom stereocenters. The third-order valence-electron chi connectivity index (χ3n) is 5.27. The summed E-state index contributed by atoms with van der Waals surface area (Å²) in [5, 5.41) is 9.42. The van der Waals surface area contributed by atoms with E-state index in [1.807, 2.05) is 0 Å². The zero-order chi connectivity index (χ0) is 18.4. The van der Waals surface area contributed by atoms with Crippen LogP contribution in [0.1, 0.15) is 31.4 Å². The first-order valence-corrected chi connectivity index (χ1v) is 9.24. The van der Waals surface area contributed by atoms with Crippen LogP contribution in [0.15, 0.2) is 47.5 Å². The Labute approximate surface area is 155 Å². The molecule has 1 aliphatic heterocycles. The summed E-state index contributed by atoms with van der Waals surface area (Å²) in [7, 11) is 3.58. The van der Waals surface area contributed by atoms with Crippen molar-refractivity contribution < 1.29 is 9.47 Å². The number of nitrogens with zero attached hydrogens (tertiary/aromatic N) is 1. The fraction of sp³-hybridized carbons (Fsp3) is 0.476. The Kier molecular flexibility index (Phi) is 6.12. The SMILES string of the molecule is CN=C(NCC1(OC)CCOCC1)NC(C)c1ccc2ccccc2c1. The van der Waals surface area contributed by atoms with Crippen molar-refractivity contribution in [3.8, 4) is 0 Å². The molecular weight excluding hydrogens is 326 g/mol. The standard InChI is InChI=1S/C21H29N3O2/c1-16(18-9-8-17-6-4-5-7-19(17)14-18)24-20(22-2)23-15-21(25-3)10-12-26-13-11-21/h4-9,14,16H,10-13,15H2,1-3H3,(H2,22,23,24). The first-order chi connectivity index (χ1) is 12.7. The van der Waals surface area contributed by atoms with E-state index in [0.717, 1.165) is 38.6 Å². The minimum Gasteiger partial charge on any atom is -0.381 e. The molecule has 26 heavy (non-hydrogen) atoms. The largest absolute Gasteiger partial charge is 0.381 e. The summed E-state index contributed by atoms with van der Waals surface area (Å²) in [6.07, 6.45) is 1.79. The highest BCUT2D eigenvalue weighted by atomic mass is 16.5. The number of methoxy groups -OCH3 is 1. The molecule has 5 heteroatoms. The molecule has 1 aliphatic rings. The van der Waals surface area contributed by atoms with Crippen LogP contribution in [0, 0.1) is 0 Å². The Balaban J connectivity index is 1.63. The van der Waals surface area contributed by atoms with E-state index >= 15 is 0 Å². The average molecular weight is 355 g/mol. The summed E-state index contributed by atoms with van der Waals surface area (Å²) in [6.45, 7) is 4.36. The molecule has 0 aliphatic carbocycles. The smallest absolute Gasteiger partial charge is 0.191 e. The minimum atomic E-state index is -0.179. The molecule has 0 spiro atoms. The lowest BCUT2D eigenvalue weighted by Crippen LogP contribution is -2.51. The maximum absolute atomic E-state index is 5.79. The van der Waals surface area contributed by atoms with Crippen LogP contribution < -0.4 is 10.6 Å². The number of aliphatic imine (C=N–C) groups is 1. The second-order valence-corrected chi connectivity index (χ2v) is 6.90. The van der Waals surface area contributed by atoms with E-state index in [0.29, 0.717) is 0 Å². The van der Waals surface area contributed by atoms with Gasteiger partial charge in [0.1, 0.15) is 0 Å². The third-order valence-corrected chi connectivity index (χ3v) is 5.27. The van der Waals surface area contributed by atoms with E-state index in [1.54, 1.807) is 14.2 Å². The quantitative estimate of drug-likeness (QED) is 0.638. The molecule has 1 saturated heterocycles. The lowest BCUT2D eigenvalue weighted by molar-refractivity contribution is -0.0855. The highest BCUT2D eigenvalue weighted by Crippen LogP contribution is 2.24. The lowest BCUT2D eigenvalue weighted by atomic mass is 9.94. The number of guanidine groups is 1. The molecule has 1 unspecified atom stereocenters. The van der Waals surface area contributed by atoms with Gasteiger partial charge >= 0.3 is 0 Å². The molecule has 1 heterocycles. The molecule has 0 bridgehead atoms. The molecule has 2 N–H and O–H groups in total. The van der Waals surface area contributed by atoms with E-state index < -0.39 is 0 Å². The van der Waals surface area contributed by atoms with Gasteiger partial charge in [0.25, 0.3) is 0 Å². The van der Waals surface area contributed by atoms with Crippen LogP contribution in [0.25, 0.3) is 10.8 Å². The molecule has 0 saturated carbocycles. The van der Waals surface area contributed by atoms with Gasteiger partial charge in [-0.15, -0.1) is 0 Å². The number of fused-ring (bicyclic) bond motifs is 1. The number of hydrogen-bond acceptors (Lipinski definition) is 3. The summed E-state index contributed by atoms with van der Waals surface area (Å²) < 4.78 is 11.2. The van der Waals surface area contributed by atoms with Crippen molar-refractivity contribution in [3.05, 3.63) is 48.0 Å². The van der Waals surface area contributed by atoms with Gasteiger partial charge in [-0.1, -0.05) is 36.4 Å². The number of rotatable bonds is 5. The zero-order valence-corrected chi connectivity index (χ0v) is 15.9. The first-order valence-electron chi connectivity index (χ1n) is 9.24. The lowest BCUT2D eigenvalue weighted by Gasteiger charge is -2.36. The van der Waals surface area contributed by atoms with E-state index in [2.05, 4.69) is 65.0 Å². The fourth-order valence-electron chi connectivity index (χ4n) is 3.40. The van der Waals surface area contributed by atoms with Crippen molar-refractivity contribution in [1.82, 2.24) is 10.6 Å². The molecule has 2 aromatic rings. The van der Waals surface area contributed by atoms with E-state index in [9.17, 15) is 0 Å². The molecule has 0 amide bonds. The minimum absolute atomic E-state index is 0.152. The summed E-state index contributed by atoms with van der Waals surface area (Å²) in [5.41, 5.74) is 1.06. The summed E-state index contributed by atoms with van der Waals surface area (Å²) in [5.74, 6) is 0.786. The molecule has 1 fully saturated rings. The van der Waals surface area contributed by atoms with Gasteiger partial charge in [0.05, 0.1) is 11.6 Å². The maximum atomic E-state index is 5.79. The third kappa shape index (κ3) is 4.34. The number of benzene rings is 2. The van der Waals surface area contributed by atoms with E-state index in [-0.39, 0.29) is 11.6 Å². The normalized spacial score (nSPS) is 18.5. The van der Waals surface area contributed by atoms with Crippen molar-refractivity contribution in [2.45, 2.75) is 31.4 Å². The van der Waals surface area contributed by atoms with Crippen LogP contribution in [0.5, 0.6) is 0 Å². The van der Waals surface area contributed by atoms with Crippen LogP contribution in [0.2, 0.25) is 0 Å². The summed E-state index contributed by atoms with van der Waals surface area (Å²) in [4.78, 5) is 4.37. The van der Waals surface area contributed by atoms with Crippen LogP contribution in [-0.2, 0) is 9.47 Å².